The van der Waals surface area contributed by atoms with Crippen molar-refractivity contribution in [3.63, 3.8) is 0 Å². The van der Waals surface area contributed by atoms with Crippen molar-refractivity contribution in [3.05, 3.63) is 180 Å². The lowest BCUT2D eigenvalue weighted by Crippen LogP contribution is -2.33. The highest BCUT2D eigenvalue weighted by Gasteiger charge is 2.25. The molecule has 0 saturated carbocycles. The van der Waals surface area contributed by atoms with Gasteiger partial charge in [0.05, 0.1) is 0 Å². The van der Waals surface area contributed by atoms with Crippen LogP contribution in [0.2, 0.25) is 0 Å². The van der Waals surface area contributed by atoms with Gasteiger partial charge in [0.15, 0.2) is 5.84 Å². The van der Waals surface area contributed by atoms with Gasteiger partial charge in [0, 0.05) is 21.9 Å². The van der Waals surface area contributed by atoms with Gasteiger partial charge in [0.2, 0.25) is 0 Å². The summed E-state index contributed by atoms with van der Waals surface area (Å²) in [6.45, 7) is 0. The first-order chi connectivity index (χ1) is 23.3. The van der Waals surface area contributed by atoms with Crippen LogP contribution in [0, 0.1) is 0 Å². The van der Waals surface area contributed by atoms with Gasteiger partial charge >= 0.3 is 0 Å². The molecule has 4 heteroatoms. The van der Waals surface area contributed by atoms with Crippen molar-refractivity contribution in [2.24, 2.45) is 9.98 Å². The molecule has 222 valence electrons. The molecule has 1 aliphatic heterocycles. The third kappa shape index (κ3) is 4.88. The molecule has 0 bridgehead atoms. The highest BCUT2D eigenvalue weighted by molar-refractivity contribution is 6.22. The average molecular weight is 604 g/mol. The molecule has 47 heavy (non-hydrogen) atoms. The molecule has 0 fully saturated rings. The Bertz CT molecular complexity index is 2470. The summed E-state index contributed by atoms with van der Waals surface area (Å²) in [6.07, 6.45) is -0.318. The maximum absolute atomic E-state index is 6.52. The summed E-state index contributed by atoms with van der Waals surface area (Å²) < 4.78 is 6.52. The summed E-state index contributed by atoms with van der Waals surface area (Å²) in [7, 11) is 0. The van der Waals surface area contributed by atoms with E-state index in [-0.39, 0.29) is 6.17 Å². The van der Waals surface area contributed by atoms with Crippen molar-refractivity contribution in [3.8, 4) is 22.3 Å². The molecule has 0 aliphatic carbocycles. The second-order valence-corrected chi connectivity index (χ2v) is 11.8. The van der Waals surface area contributed by atoms with Gasteiger partial charge in [-0.2, -0.15) is 0 Å². The highest BCUT2D eigenvalue weighted by atomic mass is 16.3. The summed E-state index contributed by atoms with van der Waals surface area (Å²) in [5, 5.41) is 8.18. The first-order valence-electron chi connectivity index (χ1n) is 15.9. The molecule has 9 rings (SSSR count). The van der Waals surface area contributed by atoms with Gasteiger partial charge in [-0.3, -0.25) is 0 Å². The molecular formula is C43H29N3O. The van der Waals surface area contributed by atoms with Gasteiger partial charge in [0.25, 0.3) is 0 Å². The summed E-state index contributed by atoms with van der Waals surface area (Å²) in [5.74, 6) is 1.44. The van der Waals surface area contributed by atoms with Crippen LogP contribution in [-0.2, 0) is 0 Å². The first kappa shape index (κ1) is 27.1. The van der Waals surface area contributed by atoms with Crippen LogP contribution in [0.25, 0.3) is 55.0 Å². The Hall–Kier alpha value is -6.26. The third-order valence-electron chi connectivity index (χ3n) is 8.94. The van der Waals surface area contributed by atoms with E-state index >= 15 is 0 Å². The number of amidine groups is 2. The minimum Gasteiger partial charge on any atom is -0.456 e. The van der Waals surface area contributed by atoms with Crippen LogP contribution in [0.3, 0.4) is 0 Å². The number of hydrogen-bond acceptors (Lipinski definition) is 4. The molecule has 1 aliphatic rings. The second kappa shape index (κ2) is 11.3. The maximum Gasteiger partial charge on any atom is 0.159 e. The summed E-state index contributed by atoms with van der Waals surface area (Å²) in [4.78, 5) is 10.4. The van der Waals surface area contributed by atoms with Crippen molar-refractivity contribution >= 4 is 44.4 Å². The van der Waals surface area contributed by atoms with E-state index in [0.29, 0.717) is 5.84 Å². The van der Waals surface area contributed by atoms with E-state index in [1.165, 1.54) is 16.3 Å². The summed E-state index contributed by atoms with van der Waals surface area (Å²) in [5.41, 5.74) is 9.22. The van der Waals surface area contributed by atoms with Crippen LogP contribution in [0.4, 0.5) is 0 Å². The SMILES string of the molecule is c1ccc(-c2ccc(C3=NC(c4ccccc4)NC(c4cc(-c5cccc6ccccc56)cc5oc6ccccc6c45)=N3)cc2)cc1. The van der Waals surface area contributed by atoms with E-state index in [9.17, 15) is 0 Å². The largest absolute Gasteiger partial charge is 0.456 e. The van der Waals surface area contributed by atoms with Crippen molar-refractivity contribution in [1.29, 1.82) is 0 Å². The molecule has 7 aromatic carbocycles. The van der Waals surface area contributed by atoms with Crippen LogP contribution >= 0.6 is 0 Å². The second-order valence-electron chi connectivity index (χ2n) is 11.8. The number of benzene rings is 7. The van der Waals surface area contributed by atoms with E-state index in [2.05, 4.69) is 145 Å². The van der Waals surface area contributed by atoms with Crippen molar-refractivity contribution in [2.75, 3.05) is 0 Å². The first-order valence-corrected chi connectivity index (χ1v) is 15.9. The van der Waals surface area contributed by atoms with Gasteiger partial charge < -0.3 is 9.73 Å². The molecule has 2 heterocycles. The smallest absolute Gasteiger partial charge is 0.159 e. The Kier molecular flexibility index (Phi) is 6.50. The fourth-order valence-electron chi connectivity index (χ4n) is 6.64. The zero-order valence-corrected chi connectivity index (χ0v) is 25.5. The molecule has 0 saturated heterocycles. The van der Waals surface area contributed by atoms with Gasteiger partial charge in [-0.15, -0.1) is 0 Å². The van der Waals surface area contributed by atoms with Gasteiger partial charge in [-0.05, 0) is 56.8 Å². The topological polar surface area (TPSA) is 49.9 Å². The molecule has 1 aromatic heterocycles. The van der Waals surface area contributed by atoms with E-state index < -0.39 is 0 Å². The summed E-state index contributed by atoms with van der Waals surface area (Å²) in [6, 6.07) is 56.9. The molecule has 0 amide bonds. The van der Waals surface area contributed by atoms with Gasteiger partial charge in [-0.1, -0.05) is 146 Å². The van der Waals surface area contributed by atoms with Gasteiger partial charge in [0.1, 0.15) is 23.2 Å². The molecule has 8 aromatic rings. The number of fused-ring (bicyclic) bond motifs is 4. The third-order valence-corrected chi connectivity index (χ3v) is 8.94. The average Bonchev–Trinajstić information content (AvgIpc) is 3.53. The van der Waals surface area contributed by atoms with Crippen LogP contribution in [0.5, 0.6) is 0 Å². The minimum atomic E-state index is -0.318. The van der Waals surface area contributed by atoms with Crippen molar-refractivity contribution in [1.82, 2.24) is 5.32 Å². The van der Waals surface area contributed by atoms with E-state index in [0.717, 1.165) is 61.2 Å². The summed E-state index contributed by atoms with van der Waals surface area (Å²) >= 11 is 0. The Morgan fingerprint density at radius 3 is 1.98 bits per heavy atom. The van der Waals surface area contributed by atoms with E-state index in [4.69, 9.17) is 14.4 Å². The zero-order chi connectivity index (χ0) is 31.2. The fraction of sp³-hybridized carbons (Fsp3) is 0.0233. The monoisotopic (exact) mass is 603 g/mol. The Balaban J connectivity index is 1.25. The lowest BCUT2D eigenvalue weighted by atomic mass is 9.94. The minimum absolute atomic E-state index is 0.318. The van der Waals surface area contributed by atoms with E-state index in [1.807, 2.05) is 24.3 Å². The number of rotatable bonds is 5. The standard InChI is InChI=1S/C43H29N3O/c1-3-12-28(13-4-1)29-22-24-32(25-23-29)42-44-41(31-15-5-2-6-16-31)45-43(46-42)37-26-33(35-20-11-17-30-14-7-8-18-34(30)35)27-39-40(37)36-19-9-10-21-38(36)47-39/h1-27,41H,(H,44,45,46). The lowest BCUT2D eigenvalue weighted by Gasteiger charge is -2.24. The van der Waals surface area contributed by atoms with Crippen LogP contribution in [0.15, 0.2) is 178 Å². The lowest BCUT2D eigenvalue weighted by molar-refractivity contribution is 0.668. The normalized spacial score (nSPS) is 14.6. The molecule has 1 atom stereocenters. The van der Waals surface area contributed by atoms with Crippen molar-refractivity contribution in [2.45, 2.75) is 6.17 Å². The fourth-order valence-corrected chi connectivity index (χ4v) is 6.64. The Labute approximate surface area is 272 Å². The number of aliphatic imine (C=N–C) groups is 2. The van der Waals surface area contributed by atoms with Crippen molar-refractivity contribution < 1.29 is 4.42 Å². The van der Waals surface area contributed by atoms with Crippen LogP contribution < -0.4 is 5.32 Å². The van der Waals surface area contributed by atoms with Crippen LogP contribution in [-0.4, -0.2) is 11.7 Å². The highest BCUT2D eigenvalue weighted by Crippen LogP contribution is 2.38. The maximum atomic E-state index is 6.52. The number of nitrogens with one attached hydrogen (secondary N) is 1. The number of furan rings is 1. The predicted octanol–water partition coefficient (Wildman–Crippen LogP) is 10.6. The zero-order valence-electron chi connectivity index (χ0n) is 25.5. The molecular weight excluding hydrogens is 574 g/mol. The van der Waals surface area contributed by atoms with Gasteiger partial charge in [-0.25, -0.2) is 9.98 Å². The molecule has 0 spiro atoms. The molecule has 1 unspecified atom stereocenters. The Morgan fingerprint density at radius 2 is 1.15 bits per heavy atom. The van der Waals surface area contributed by atoms with E-state index in [1.54, 1.807) is 0 Å². The predicted molar refractivity (Wildman–Crippen MR) is 194 cm³/mol. The number of para-hydroxylation sites is 1. The number of nitrogens with zero attached hydrogens (tertiary/aromatic N) is 2. The Morgan fingerprint density at radius 1 is 0.489 bits per heavy atom. The molecule has 0 radical (unpaired) electrons. The number of hydrogen-bond donors (Lipinski definition) is 1. The molecule has 1 N–H and O–H groups in total. The van der Waals surface area contributed by atoms with Crippen LogP contribution in [0.1, 0.15) is 22.9 Å². The molecule has 4 nitrogen and oxygen atoms in total. The quantitative estimate of drug-likeness (QED) is 0.213.